The van der Waals surface area contributed by atoms with Crippen LogP contribution in [0, 0.1) is 0 Å². The molecule has 0 unspecified atom stereocenters. The topological polar surface area (TPSA) is 101 Å². The van der Waals surface area contributed by atoms with E-state index in [1.54, 1.807) is 32.9 Å². The van der Waals surface area contributed by atoms with Gasteiger partial charge in [0, 0.05) is 27.2 Å². The number of nitrogens with one attached hydrogen (secondary N) is 2. The van der Waals surface area contributed by atoms with Gasteiger partial charge in [-0.25, -0.2) is 17.5 Å². The average Bonchev–Trinajstić information content (AvgIpc) is 2.93. The quantitative estimate of drug-likeness (QED) is 0.531. The summed E-state index contributed by atoms with van der Waals surface area (Å²) in [4.78, 5) is 11.4. The van der Waals surface area contributed by atoms with Crippen LogP contribution >= 0.6 is 0 Å². The Kier molecular flexibility index (Phi) is 7.65. The second-order valence-corrected chi connectivity index (χ2v) is 8.58. The number of rotatable bonds is 8. The molecule has 1 aromatic rings. The lowest BCUT2D eigenvalue weighted by Gasteiger charge is -2.19. The summed E-state index contributed by atoms with van der Waals surface area (Å²) in [5, 5.41) is 5.62. The predicted molar refractivity (Wildman–Crippen MR) is 94.7 cm³/mol. The molecule has 0 spiro atoms. The first-order valence-corrected chi connectivity index (χ1v) is 9.30. The first kappa shape index (κ1) is 21.2. The largest absolute Gasteiger partial charge is 0.447 e. The van der Waals surface area contributed by atoms with E-state index in [1.807, 2.05) is 6.08 Å². The number of amides is 1. The fourth-order valence-corrected chi connectivity index (χ4v) is 2.49. The first-order valence-electron chi connectivity index (χ1n) is 7.86. The molecule has 0 atom stereocenters. The highest BCUT2D eigenvalue weighted by Gasteiger charge is 2.21. The summed E-state index contributed by atoms with van der Waals surface area (Å²) in [6, 6.07) is 3.06. The van der Waals surface area contributed by atoms with Gasteiger partial charge < -0.3 is 19.8 Å². The van der Waals surface area contributed by atoms with Crippen molar-refractivity contribution < 1.29 is 22.4 Å². The average molecular weight is 373 g/mol. The molecule has 0 saturated carbocycles. The van der Waals surface area contributed by atoms with Gasteiger partial charge in [0.2, 0.25) is 5.09 Å². The smallest absolute Gasteiger partial charge is 0.407 e. The molecular weight excluding hydrogens is 346 g/mol. The van der Waals surface area contributed by atoms with Crippen LogP contribution in [-0.2, 0) is 21.3 Å². The van der Waals surface area contributed by atoms with Gasteiger partial charge in [0.05, 0.1) is 6.54 Å². The lowest BCUT2D eigenvalue weighted by atomic mass is 10.2. The minimum Gasteiger partial charge on any atom is -0.447 e. The lowest BCUT2D eigenvalue weighted by Crippen LogP contribution is -2.32. The minimum absolute atomic E-state index is 0.0774. The van der Waals surface area contributed by atoms with Crippen LogP contribution in [0.25, 0.3) is 0 Å². The number of hydrogen-bond acceptors (Lipinski definition) is 6. The molecule has 0 saturated heterocycles. The molecule has 25 heavy (non-hydrogen) atoms. The molecule has 0 aliphatic heterocycles. The van der Waals surface area contributed by atoms with Crippen molar-refractivity contribution >= 4 is 16.1 Å². The van der Waals surface area contributed by atoms with Crippen molar-refractivity contribution in [2.24, 2.45) is 0 Å². The van der Waals surface area contributed by atoms with E-state index in [2.05, 4.69) is 10.6 Å². The van der Waals surface area contributed by atoms with E-state index >= 15 is 0 Å². The molecule has 1 heterocycles. The lowest BCUT2D eigenvalue weighted by molar-refractivity contribution is 0.0534. The molecule has 2 N–H and O–H groups in total. The number of hydrogen-bond donors (Lipinski definition) is 2. The summed E-state index contributed by atoms with van der Waals surface area (Å²) in [6.07, 6.45) is 3.18. The molecular formula is C16H27N3O5S. The van der Waals surface area contributed by atoms with Gasteiger partial charge in [0.15, 0.2) is 0 Å². The van der Waals surface area contributed by atoms with Crippen molar-refractivity contribution in [1.82, 2.24) is 14.9 Å². The Hall–Kier alpha value is -1.84. The van der Waals surface area contributed by atoms with Crippen molar-refractivity contribution in [3.8, 4) is 0 Å². The molecule has 1 rings (SSSR count). The van der Waals surface area contributed by atoms with Gasteiger partial charge in [0.1, 0.15) is 11.4 Å². The van der Waals surface area contributed by atoms with Gasteiger partial charge in [-0.1, -0.05) is 12.2 Å². The Balaban J connectivity index is 2.28. The fraction of sp³-hybridized carbons (Fsp3) is 0.562. The summed E-state index contributed by atoms with van der Waals surface area (Å²) in [5.41, 5.74) is -0.517. The van der Waals surface area contributed by atoms with Gasteiger partial charge in [0.25, 0.3) is 10.0 Å². The highest BCUT2D eigenvalue weighted by Crippen LogP contribution is 2.16. The van der Waals surface area contributed by atoms with E-state index in [-0.39, 0.29) is 5.09 Å². The standard InChI is InChI=1S/C16H27N3O5S/c1-16(2,3)24-15(20)18-11-7-6-10-17-12-13-8-9-14(23-13)25(21,22)19(4)5/h6-9,17H,10-12H2,1-5H3,(H,18,20)/b7-6+. The number of carbonyl (C=O) groups excluding carboxylic acids is 1. The van der Waals surface area contributed by atoms with Crippen LogP contribution in [0.2, 0.25) is 0 Å². The zero-order chi connectivity index (χ0) is 19.1. The predicted octanol–water partition coefficient (Wildman–Crippen LogP) is 1.70. The maximum atomic E-state index is 11.9. The molecule has 0 aliphatic rings. The minimum atomic E-state index is -3.55. The molecule has 0 bridgehead atoms. The molecule has 8 nitrogen and oxygen atoms in total. The number of carbonyl (C=O) groups is 1. The summed E-state index contributed by atoms with van der Waals surface area (Å²) < 4.78 is 35.3. The number of nitrogens with zero attached hydrogens (tertiary/aromatic N) is 1. The third kappa shape index (κ3) is 7.72. The van der Waals surface area contributed by atoms with Crippen molar-refractivity contribution in [2.75, 3.05) is 27.2 Å². The van der Waals surface area contributed by atoms with E-state index in [0.717, 1.165) is 4.31 Å². The summed E-state index contributed by atoms with van der Waals surface area (Å²) in [7, 11) is -0.647. The van der Waals surface area contributed by atoms with Gasteiger partial charge in [-0.05, 0) is 32.9 Å². The fourth-order valence-electron chi connectivity index (χ4n) is 1.67. The Morgan fingerprint density at radius 3 is 2.48 bits per heavy atom. The van der Waals surface area contributed by atoms with E-state index in [0.29, 0.717) is 25.4 Å². The SMILES string of the molecule is CN(C)S(=O)(=O)c1ccc(CNC/C=C/CNC(=O)OC(C)(C)C)o1. The maximum absolute atomic E-state index is 11.9. The number of ether oxygens (including phenoxy) is 1. The van der Waals surface area contributed by atoms with Crippen LogP contribution in [0.1, 0.15) is 26.5 Å². The molecule has 9 heteroatoms. The van der Waals surface area contributed by atoms with Crippen LogP contribution in [-0.4, -0.2) is 51.6 Å². The second-order valence-electron chi connectivity index (χ2n) is 6.49. The molecule has 0 radical (unpaired) electrons. The van der Waals surface area contributed by atoms with E-state index in [1.165, 1.54) is 20.2 Å². The molecule has 1 aromatic heterocycles. The van der Waals surface area contributed by atoms with Crippen molar-refractivity contribution in [3.63, 3.8) is 0 Å². The van der Waals surface area contributed by atoms with E-state index in [9.17, 15) is 13.2 Å². The molecule has 0 fully saturated rings. The number of furan rings is 1. The van der Waals surface area contributed by atoms with Gasteiger partial charge in [-0.15, -0.1) is 0 Å². The van der Waals surface area contributed by atoms with E-state index < -0.39 is 21.7 Å². The Bertz CT molecular complexity index is 687. The maximum Gasteiger partial charge on any atom is 0.407 e. The van der Waals surface area contributed by atoms with Crippen LogP contribution < -0.4 is 10.6 Å². The van der Waals surface area contributed by atoms with Crippen molar-refractivity contribution in [1.29, 1.82) is 0 Å². The Morgan fingerprint density at radius 2 is 1.88 bits per heavy atom. The van der Waals surface area contributed by atoms with E-state index in [4.69, 9.17) is 9.15 Å². The summed E-state index contributed by atoms with van der Waals surface area (Å²) >= 11 is 0. The van der Waals surface area contributed by atoms with Crippen LogP contribution in [0.4, 0.5) is 4.79 Å². The van der Waals surface area contributed by atoms with Gasteiger partial charge in [-0.2, -0.15) is 0 Å². The van der Waals surface area contributed by atoms with Crippen molar-refractivity contribution in [2.45, 2.75) is 38.0 Å². The van der Waals surface area contributed by atoms with Crippen molar-refractivity contribution in [3.05, 3.63) is 30.0 Å². The summed E-state index contributed by atoms with van der Waals surface area (Å²) in [6.45, 7) is 6.71. The number of sulfonamides is 1. The van der Waals surface area contributed by atoms with Gasteiger partial charge in [-0.3, -0.25) is 0 Å². The molecule has 1 amide bonds. The molecule has 0 aliphatic carbocycles. The van der Waals surface area contributed by atoms with Crippen LogP contribution in [0.15, 0.2) is 33.8 Å². The molecule has 142 valence electrons. The highest BCUT2D eigenvalue weighted by molar-refractivity contribution is 7.88. The third-order valence-corrected chi connectivity index (χ3v) is 4.55. The monoisotopic (exact) mass is 373 g/mol. The van der Waals surface area contributed by atoms with Crippen LogP contribution in [0.3, 0.4) is 0 Å². The highest BCUT2D eigenvalue weighted by atomic mass is 32.2. The normalized spacial score (nSPS) is 12.7. The second kappa shape index (κ2) is 9.02. The Morgan fingerprint density at radius 1 is 1.24 bits per heavy atom. The van der Waals surface area contributed by atoms with Crippen LogP contribution in [0.5, 0.6) is 0 Å². The summed E-state index contributed by atoms with van der Waals surface area (Å²) in [5.74, 6) is 0.528. The zero-order valence-corrected chi connectivity index (χ0v) is 16.1. The van der Waals surface area contributed by atoms with Gasteiger partial charge >= 0.3 is 6.09 Å². The number of alkyl carbamates (subject to hydrolysis) is 1. The third-order valence-electron chi connectivity index (χ3n) is 2.86. The Labute approximate surface area is 149 Å². The first-order chi connectivity index (χ1) is 11.5. The molecule has 0 aromatic carbocycles. The zero-order valence-electron chi connectivity index (χ0n) is 15.3.